The summed E-state index contributed by atoms with van der Waals surface area (Å²) in [5, 5.41) is 0. The molecule has 0 amide bonds. The van der Waals surface area contributed by atoms with Gasteiger partial charge in [0.2, 0.25) is 0 Å². The van der Waals surface area contributed by atoms with Crippen molar-refractivity contribution in [2.45, 2.75) is 25.3 Å². The average molecular weight is 205 g/mol. The topological polar surface area (TPSA) is 55.3 Å². The van der Waals surface area contributed by atoms with Gasteiger partial charge in [0, 0.05) is 30.5 Å². The fraction of sp³-hybridized carbons (Fsp3) is 0.500. The Balaban J connectivity index is 2.09. The van der Waals surface area contributed by atoms with Gasteiger partial charge < -0.3 is 16.4 Å². The lowest BCUT2D eigenvalue weighted by Gasteiger charge is -2.22. The van der Waals surface area contributed by atoms with Crippen molar-refractivity contribution in [1.29, 1.82) is 0 Å². The third-order valence-electron chi connectivity index (χ3n) is 3.01. The number of hydrogen-bond donors (Lipinski definition) is 2. The Labute approximate surface area is 91.1 Å². The molecule has 0 bridgehead atoms. The summed E-state index contributed by atoms with van der Waals surface area (Å²) in [6, 6.07) is 8.46. The molecule has 1 fully saturated rings. The summed E-state index contributed by atoms with van der Waals surface area (Å²) in [5.74, 6) is 0. The van der Waals surface area contributed by atoms with Crippen LogP contribution in [0.1, 0.15) is 19.3 Å². The van der Waals surface area contributed by atoms with E-state index in [1.165, 1.54) is 12.1 Å². The van der Waals surface area contributed by atoms with Gasteiger partial charge in [-0.3, -0.25) is 0 Å². The Kier molecular flexibility index (Phi) is 3.11. The number of nitrogens with zero attached hydrogens (tertiary/aromatic N) is 1. The predicted octanol–water partition coefficient (Wildman–Crippen LogP) is 1.59. The van der Waals surface area contributed by atoms with Crippen LogP contribution in [0.5, 0.6) is 0 Å². The van der Waals surface area contributed by atoms with Gasteiger partial charge >= 0.3 is 0 Å². The zero-order valence-electron chi connectivity index (χ0n) is 9.02. The van der Waals surface area contributed by atoms with Crippen molar-refractivity contribution in [2.75, 3.05) is 23.7 Å². The summed E-state index contributed by atoms with van der Waals surface area (Å²) < 4.78 is 0. The number of hydrogen-bond acceptors (Lipinski definition) is 3. The molecule has 82 valence electrons. The van der Waals surface area contributed by atoms with E-state index < -0.39 is 0 Å². The van der Waals surface area contributed by atoms with Crippen LogP contribution in [0.15, 0.2) is 24.3 Å². The van der Waals surface area contributed by atoms with Crippen molar-refractivity contribution in [3.63, 3.8) is 0 Å². The highest BCUT2D eigenvalue weighted by Gasteiger charge is 2.14. The number of benzene rings is 1. The van der Waals surface area contributed by atoms with Crippen LogP contribution in [-0.4, -0.2) is 19.1 Å². The summed E-state index contributed by atoms with van der Waals surface area (Å²) in [4.78, 5) is 2.38. The first-order chi connectivity index (χ1) is 7.25. The van der Waals surface area contributed by atoms with Crippen LogP contribution in [0.2, 0.25) is 0 Å². The third kappa shape index (κ3) is 2.63. The predicted molar refractivity (Wildman–Crippen MR) is 64.9 cm³/mol. The molecule has 0 aromatic heterocycles. The quantitative estimate of drug-likeness (QED) is 0.684. The Hall–Kier alpha value is -1.22. The molecule has 1 unspecified atom stereocenters. The van der Waals surface area contributed by atoms with Crippen molar-refractivity contribution in [2.24, 2.45) is 5.73 Å². The number of nitrogens with two attached hydrogens (primary N) is 2. The van der Waals surface area contributed by atoms with Crippen molar-refractivity contribution < 1.29 is 0 Å². The highest BCUT2D eigenvalue weighted by molar-refractivity contribution is 5.55. The molecule has 15 heavy (non-hydrogen) atoms. The first-order valence-electron chi connectivity index (χ1n) is 5.62. The maximum atomic E-state index is 5.95. The summed E-state index contributed by atoms with van der Waals surface area (Å²) >= 11 is 0. The van der Waals surface area contributed by atoms with Gasteiger partial charge in [0.25, 0.3) is 0 Å². The second-order valence-electron chi connectivity index (χ2n) is 4.27. The van der Waals surface area contributed by atoms with Gasteiger partial charge in [0.05, 0.1) is 0 Å². The zero-order chi connectivity index (χ0) is 10.7. The van der Waals surface area contributed by atoms with Gasteiger partial charge in [-0.1, -0.05) is 6.07 Å². The molecule has 1 aliphatic rings. The molecule has 0 radical (unpaired) electrons. The third-order valence-corrected chi connectivity index (χ3v) is 3.01. The Bertz CT molecular complexity index is 324. The van der Waals surface area contributed by atoms with E-state index in [4.69, 9.17) is 11.5 Å². The van der Waals surface area contributed by atoms with E-state index in [0.29, 0.717) is 6.04 Å². The van der Waals surface area contributed by atoms with Crippen molar-refractivity contribution in [3.05, 3.63) is 24.3 Å². The fourth-order valence-electron chi connectivity index (χ4n) is 2.10. The highest BCUT2D eigenvalue weighted by atomic mass is 15.1. The molecule has 4 N–H and O–H groups in total. The fourth-order valence-corrected chi connectivity index (χ4v) is 2.10. The van der Waals surface area contributed by atoms with Crippen LogP contribution >= 0.6 is 0 Å². The first-order valence-corrected chi connectivity index (χ1v) is 5.62. The van der Waals surface area contributed by atoms with Crippen LogP contribution in [-0.2, 0) is 0 Å². The van der Waals surface area contributed by atoms with Crippen molar-refractivity contribution >= 4 is 11.4 Å². The molecule has 0 saturated carbocycles. The van der Waals surface area contributed by atoms with Crippen LogP contribution in [0.4, 0.5) is 11.4 Å². The number of anilines is 2. The molecule has 1 aromatic carbocycles. The largest absolute Gasteiger partial charge is 0.399 e. The smallest absolute Gasteiger partial charge is 0.0386 e. The summed E-state index contributed by atoms with van der Waals surface area (Å²) in [7, 11) is 0. The molecule has 1 aliphatic heterocycles. The van der Waals surface area contributed by atoms with Crippen LogP contribution in [0, 0.1) is 0 Å². The molecule has 3 heteroatoms. The minimum absolute atomic E-state index is 0.371. The second-order valence-corrected chi connectivity index (χ2v) is 4.27. The maximum Gasteiger partial charge on any atom is 0.0386 e. The lowest BCUT2D eigenvalue weighted by atomic mass is 10.1. The molecule has 1 atom stereocenters. The van der Waals surface area contributed by atoms with Gasteiger partial charge in [-0.25, -0.2) is 0 Å². The molecule has 1 aromatic rings. The van der Waals surface area contributed by atoms with Gasteiger partial charge in [-0.05, 0) is 37.5 Å². The zero-order valence-corrected chi connectivity index (χ0v) is 9.02. The lowest BCUT2D eigenvalue weighted by molar-refractivity contribution is 0.601. The molecule has 3 nitrogen and oxygen atoms in total. The lowest BCUT2D eigenvalue weighted by Crippen LogP contribution is -2.26. The molecular formula is C12H19N3. The molecule has 0 aliphatic carbocycles. The molecule has 1 heterocycles. The van der Waals surface area contributed by atoms with E-state index >= 15 is 0 Å². The minimum Gasteiger partial charge on any atom is -0.399 e. The van der Waals surface area contributed by atoms with E-state index in [2.05, 4.69) is 11.0 Å². The molecule has 1 saturated heterocycles. The Morgan fingerprint density at radius 3 is 2.87 bits per heavy atom. The minimum atomic E-state index is 0.371. The van der Waals surface area contributed by atoms with Crippen LogP contribution in [0.25, 0.3) is 0 Å². The normalized spacial score (nSPS) is 22.5. The molecular weight excluding hydrogens is 186 g/mol. The van der Waals surface area contributed by atoms with E-state index in [1.807, 2.05) is 18.2 Å². The van der Waals surface area contributed by atoms with Gasteiger partial charge in [-0.2, -0.15) is 0 Å². The van der Waals surface area contributed by atoms with E-state index in [-0.39, 0.29) is 0 Å². The average Bonchev–Trinajstić information content (AvgIpc) is 2.43. The standard InChI is InChI=1S/C12H19N3/c13-10-4-2-7-15(8-6-10)12-5-1-3-11(14)9-12/h1,3,5,9-10H,2,4,6-8,13-14H2. The van der Waals surface area contributed by atoms with Gasteiger partial charge in [0.15, 0.2) is 0 Å². The Morgan fingerprint density at radius 1 is 1.20 bits per heavy atom. The highest BCUT2D eigenvalue weighted by Crippen LogP contribution is 2.20. The van der Waals surface area contributed by atoms with Gasteiger partial charge in [0.1, 0.15) is 0 Å². The maximum absolute atomic E-state index is 5.95. The number of rotatable bonds is 1. The van der Waals surface area contributed by atoms with E-state index in [0.717, 1.165) is 31.6 Å². The van der Waals surface area contributed by atoms with Crippen LogP contribution in [0.3, 0.4) is 0 Å². The SMILES string of the molecule is Nc1cccc(N2CCCC(N)CC2)c1. The van der Waals surface area contributed by atoms with Gasteiger partial charge in [-0.15, -0.1) is 0 Å². The van der Waals surface area contributed by atoms with E-state index in [9.17, 15) is 0 Å². The monoisotopic (exact) mass is 205 g/mol. The molecule has 2 rings (SSSR count). The van der Waals surface area contributed by atoms with Crippen LogP contribution < -0.4 is 16.4 Å². The first kappa shape index (κ1) is 10.3. The molecule has 0 spiro atoms. The second kappa shape index (κ2) is 4.53. The van der Waals surface area contributed by atoms with Crippen molar-refractivity contribution in [3.8, 4) is 0 Å². The Morgan fingerprint density at radius 2 is 2.07 bits per heavy atom. The summed E-state index contributed by atoms with van der Waals surface area (Å²) in [5.41, 5.74) is 13.8. The summed E-state index contributed by atoms with van der Waals surface area (Å²) in [6.07, 6.45) is 3.39. The summed E-state index contributed by atoms with van der Waals surface area (Å²) in [6.45, 7) is 2.14. The number of nitrogen functional groups attached to an aromatic ring is 1. The van der Waals surface area contributed by atoms with E-state index in [1.54, 1.807) is 0 Å². The van der Waals surface area contributed by atoms with Crippen molar-refractivity contribution in [1.82, 2.24) is 0 Å².